The van der Waals surface area contributed by atoms with Crippen molar-refractivity contribution < 1.29 is 22.0 Å². The Bertz CT molecular complexity index is 315. The van der Waals surface area contributed by atoms with Crippen molar-refractivity contribution >= 4 is 15.9 Å². The Morgan fingerprint density at radius 1 is 1.00 bits per heavy atom. The molecule has 0 nitrogen and oxygen atoms in total. The van der Waals surface area contributed by atoms with Crippen molar-refractivity contribution in [1.82, 2.24) is 0 Å². The zero-order chi connectivity index (χ0) is 10.9. The molecular formula is C8H4BrF5. The van der Waals surface area contributed by atoms with Crippen molar-refractivity contribution in [1.29, 1.82) is 0 Å². The van der Waals surface area contributed by atoms with Gasteiger partial charge < -0.3 is 0 Å². The topological polar surface area (TPSA) is 0 Å². The summed E-state index contributed by atoms with van der Waals surface area (Å²) in [5, 5.41) is 0. The molecule has 0 aliphatic rings. The number of halogens is 6. The Hall–Kier alpha value is -0.650. The van der Waals surface area contributed by atoms with Gasteiger partial charge in [0.15, 0.2) is 0 Å². The summed E-state index contributed by atoms with van der Waals surface area (Å²) in [5.41, 5.74) is -0.860. The molecule has 0 saturated carbocycles. The molecule has 6 heteroatoms. The molecule has 0 N–H and O–H groups in total. The van der Waals surface area contributed by atoms with Gasteiger partial charge in [-0.25, -0.2) is 22.0 Å². The van der Waals surface area contributed by atoms with Crippen LogP contribution in [0.5, 0.6) is 0 Å². The molecule has 0 saturated heterocycles. The smallest absolute Gasteiger partial charge is 0.209 e. The highest BCUT2D eigenvalue weighted by molar-refractivity contribution is 9.09. The lowest BCUT2D eigenvalue weighted by atomic mass is 10.1. The van der Waals surface area contributed by atoms with E-state index in [9.17, 15) is 22.0 Å². The highest BCUT2D eigenvalue weighted by Crippen LogP contribution is 2.33. The molecule has 1 aromatic carbocycles. The fourth-order valence-corrected chi connectivity index (χ4v) is 1.38. The number of hydrogen-bond acceptors (Lipinski definition) is 0. The first kappa shape index (κ1) is 11.4. The Morgan fingerprint density at radius 3 is 1.79 bits per heavy atom. The van der Waals surface area contributed by atoms with Gasteiger partial charge in [-0.15, -0.1) is 0 Å². The van der Waals surface area contributed by atoms with E-state index in [1.54, 1.807) is 0 Å². The van der Waals surface area contributed by atoms with Crippen molar-refractivity contribution in [3.63, 3.8) is 0 Å². The highest BCUT2D eigenvalue weighted by atomic mass is 79.9. The lowest BCUT2D eigenvalue weighted by Crippen LogP contribution is -2.07. The number of hydrogen-bond donors (Lipinski definition) is 0. The molecule has 0 amide bonds. The monoisotopic (exact) mass is 274 g/mol. The van der Waals surface area contributed by atoms with Crippen LogP contribution in [0, 0.1) is 17.5 Å². The van der Waals surface area contributed by atoms with Crippen LogP contribution in [0.1, 0.15) is 10.4 Å². The van der Waals surface area contributed by atoms with Gasteiger partial charge in [0.05, 0.1) is 0 Å². The van der Waals surface area contributed by atoms with E-state index < -0.39 is 34.3 Å². The van der Waals surface area contributed by atoms with Crippen LogP contribution in [0.4, 0.5) is 22.0 Å². The molecule has 0 fully saturated rings. The molecule has 1 unspecified atom stereocenters. The molecule has 0 radical (unpaired) electrons. The second-order valence-corrected chi connectivity index (χ2v) is 3.51. The third-order valence-corrected chi connectivity index (χ3v) is 2.40. The Balaban J connectivity index is 3.20. The van der Waals surface area contributed by atoms with Crippen LogP contribution in [-0.4, -0.2) is 6.43 Å². The summed E-state index contributed by atoms with van der Waals surface area (Å²) >= 11 is 2.42. The number of benzene rings is 1. The lowest BCUT2D eigenvalue weighted by Gasteiger charge is -2.10. The van der Waals surface area contributed by atoms with Gasteiger partial charge in [0.25, 0.3) is 6.43 Å². The Morgan fingerprint density at radius 2 is 1.43 bits per heavy atom. The van der Waals surface area contributed by atoms with Crippen LogP contribution in [0.25, 0.3) is 0 Å². The fourth-order valence-electron chi connectivity index (χ4n) is 0.943. The Kier molecular flexibility index (Phi) is 3.47. The lowest BCUT2D eigenvalue weighted by molar-refractivity contribution is 0.144. The molecule has 0 spiro atoms. The van der Waals surface area contributed by atoms with Gasteiger partial charge in [-0.1, -0.05) is 15.9 Å². The fraction of sp³-hybridized carbons (Fsp3) is 0.250. The Labute approximate surface area is 84.9 Å². The summed E-state index contributed by atoms with van der Waals surface area (Å²) in [5.74, 6) is -3.80. The minimum Gasteiger partial charge on any atom is -0.209 e. The molecule has 0 aliphatic carbocycles. The summed E-state index contributed by atoms with van der Waals surface area (Å²) in [7, 11) is 0. The first-order valence-corrected chi connectivity index (χ1v) is 4.41. The van der Waals surface area contributed by atoms with Crippen LogP contribution in [-0.2, 0) is 0 Å². The minimum atomic E-state index is -2.97. The molecule has 1 aromatic rings. The standard InChI is InChI=1S/C8H4BrF5/c9-7(8(13)14)6-4(11)1-3(10)2-5(6)12/h1-2,7-8H. The summed E-state index contributed by atoms with van der Waals surface area (Å²) < 4.78 is 62.3. The van der Waals surface area contributed by atoms with Crippen LogP contribution in [0.15, 0.2) is 12.1 Å². The van der Waals surface area contributed by atoms with Crippen molar-refractivity contribution in [2.24, 2.45) is 0 Å². The van der Waals surface area contributed by atoms with E-state index in [0.29, 0.717) is 12.1 Å². The second kappa shape index (κ2) is 4.25. The SMILES string of the molecule is Fc1cc(F)c(C(Br)C(F)F)c(F)c1. The summed E-state index contributed by atoms with van der Waals surface area (Å²) in [4.78, 5) is -1.77. The first-order valence-electron chi connectivity index (χ1n) is 3.50. The van der Waals surface area contributed by atoms with Gasteiger partial charge in [-0.05, 0) is 0 Å². The van der Waals surface area contributed by atoms with Crippen molar-refractivity contribution in [2.45, 2.75) is 11.3 Å². The van der Waals surface area contributed by atoms with Gasteiger partial charge in [0.1, 0.15) is 22.3 Å². The van der Waals surface area contributed by atoms with Crippen molar-refractivity contribution in [3.05, 3.63) is 35.1 Å². The molecular weight excluding hydrogens is 271 g/mol. The summed E-state index contributed by atoms with van der Waals surface area (Å²) in [6.45, 7) is 0. The van der Waals surface area contributed by atoms with E-state index in [4.69, 9.17) is 0 Å². The summed E-state index contributed by atoms with van der Waals surface area (Å²) in [6, 6.07) is 0.712. The summed E-state index contributed by atoms with van der Waals surface area (Å²) in [6.07, 6.45) is -2.97. The average Bonchev–Trinajstić information content (AvgIpc) is 2.01. The zero-order valence-electron chi connectivity index (χ0n) is 6.58. The number of alkyl halides is 3. The molecule has 1 atom stereocenters. The molecule has 0 heterocycles. The van der Waals surface area contributed by atoms with E-state index in [0.717, 1.165) is 0 Å². The molecule has 14 heavy (non-hydrogen) atoms. The van der Waals surface area contributed by atoms with E-state index in [1.165, 1.54) is 0 Å². The molecule has 0 bridgehead atoms. The van der Waals surface area contributed by atoms with E-state index >= 15 is 0 Å². The first-order chi connectivity index (χ1) is 6.43. The zero-order valence-corrected chi connectivity index (χ0v) is 8.16. The highest BCUT2D eigenvalue weighted by Gasteiger charge is 2.26. The van der Waals surface area contributed by atoms with Crippen LogP contribution >= 0.6 is 15.9 Å². The molecule has 1 rings (SSSR count). The minimum absolute atomic E-state index is 0.356. The predicted octanol–water partition coefficient (Wildman–Crippen LogP) is 3.81. The number of rotatable bonds is 2. The maximum absolute atomic E-state index is 12.9. The van der Waals surface area contributed by atoms with Crippen LogP contribution in [0.3, 0.4) is 0 Å². The quantitative estimate of drug-likeness (QED) is 0.568. The van der Waals surface area contributed by atoms with Gasteiger partial charge >= 0.3 is 0 Å². The van der Waals surface area contributed by atoms with Gasteiger partial charge in [0, 0.05) is 17.7 Å². The maximum Gasteiger partial charge on any atom is 0.255 e. The van der Waals surface area contributed by atoms with Gasteiger partial charge in [-0.2, -0.15) is 0 Å². The van der Waals surface area contributed by atoms with E-state index in [2.05, 4.69) is 15.9 Å². The van der Waals surface area contributed by atoms with Crippen molar-refractivity contribution in [3.8, 4) is 0 Å². The maximum atomic E-state index is 12.9. The molecule has 0 aromatic heterocycles. The second-order valence-electron chi connectivity index (χ2n) is 2.52. The van der Waals surface area contributed by atoms with E-state index in [1.807, 2.05) is 0 Å². The average molecular weight is 275 g/mol. The normalized spacial score (nSPS) is 13.4. The third kappa shape index (κ3) is 2.23. The van der Waals surface area contributed by atoms with E-state index in [-0.39, 0.29) is 0 Å². The van der Waals surface area contributed by atoms with Crippen LogP contribution in [0.2, 0.25) is 0 Å². The van der Waals surface area contributed by atoms with Gasteiger partial charge in [0.2, 0.25) is 0 Å². The van der Waals surface area contributed by atoms with Crippen molar-refractivity contribution in [2.75, 3.05) is 0 Å². The largest absolute Gasteiger partial charge is 0.255 e. The predicted molar refractivity (Wildman–Crippen MR) is 44.0 cm³/mol. The molecule has 0 aliphatic heterocycles. The van der Waals surface area contributed by atoms with Crippen LogP contribution < -0.4 is 0 Å². The molecule has 78 valence electrons. The van der Waals surface area contributed by atoms with Gasteiger partial charge in [-0.3, -0.25) is 0 Å². The third-order valence-electron chi connectivity index (χ3n) is 1.54.